The largest absolute Gasteiger partial charge is 0.350 e. The first-order chi connectivity index (χ1) is 11.0. The van der Waals surface area contributed by atoms with Gasteiger partial charge in [0.25, 0.3) is 0 Å². The number of benzene rings is 2. The summed E-state index contributed by atoms with van der Waals surface area (Å²) >= 11 is 6.26. The van der Waals surface area contributed by atoms with E-state index in [1.807, 2.05) is 62.0 Å². The molecule has 118 valence electrons. The number of anilines is 1. The smallest absolute Gasteiger partial charge is 0.228 e. The maximum atomic E-state index is 12.4. The number of rotatable bonds is 3. The van der Waals surface area contributed by atoms with Gasteiger partial charge in [-0.3, -0.25) is 4.79 Å². The second-order valence-electron chi connectivity index (χ2n) is 5.95. The lowest BCUT2D eigenvalue weighted by molar-refractivity contribution is -0.115. The number of nitrogens with zero attached hydrogens (tertiary/aromatic N) is 1. The molecule has 0 aliphatic carbocycles. The number of aromatic nitrogens is 1. The van der Waals surface area contributed by atoms with E-state index >= 15 is 0 Å². The van der Waals surface area contributed by atoms with Crippen molar-refractivity contribution < 1.29 is 4.79 Å². The van der Waals surface area contributed by atoms with Crippen LogP contribution in [0.25, 0.3) is 10.9 Å². The van der Waals surface area contributed by atoms with Crippen LogP contribution >= 0.6 is 11.6 Å². The second-order valence-corrected chi connectivity index (χ2v) is 6.35. The summed E-state index contributed by atoms with van der Waals surface area (Å²) in [5.74, 6) is -0.0600. The average molecular weight is 327 g/mol. The lowest BCUT2D eigenvalue weighted by atomic mass is 10.1. The molecule has 2 aromatic carbocycles. The minimum atomic E-state index is -0.0600. The average Bonchev–Trinajstić information content (AvgIpc) is 2.80. The molecule has 0 atom stereocenters. The normalized spacial score (nSPS) is 11.0. The highest BCUT2D eigenvalue weighted by Crippen LogP contribution is 2.28. The molecule has 3 rings (SSSR count). The van der Waals surface area contributed by atoms with E-state index in [0.29, 0.717) is 17.1 Å². The van der Waals surface area contributed by atoms with E-state index in [9.17, 15) is 4.79 Å². The molecule has 23 heavy (non-hydrogen) atoms. The molecule has 0 radical (unpaired) electrons. The molecule has 1 aromatic heterocycles. The molecule has 0 spiro atoms. The first-order valence-corrected chi connectivity index (χ1v) is 7.93. The molecule has 0 unspecified atom stereocenters. The number of nitrogens with one attached hydrogen (secondary N) is 1. The van der Waals surface area contributed by atoms with Crippen molar-refractivity contribution in [2.75, 3.05) is 5.32 Å². The molecule has 0 aliphatic heterocycles. The molecule has 1 heterocycles. The highest BCUT2D eigenvalue weighted by atomic mass is 35.5. The van der Waals surface area contributed by atoms with Crippen molar-refractivity contribution >= 4 is 34.1 Å². The molecule has 0 bridgehead atoms. The maximum Gasteiger partial charge on any atom is 0.228 e. The van der Waals surface area contributed by atoms with Crippen molar-refractivity contribution in [1.82, 2.24) is 4.57 Å². The summed E-state index contributed by atoms with van der Waals surface area (Å²) in [6.07, 6.45) is 2.33. The Labute approximate surface area is 140 Å². The number of para-hydroxylation sites is 1. The summed E-state index contributed by atoms with van der Waals surface area (Å²) in [7, 11) is 1.99. The molecule has 1 amide bonds. The van der Waals surface area contributed by atoms with Gasteiger partial charge in [-0.25, -0.2) is 0 Å². The zero-order valence-corrected chi connectivity index (χ0v) is 14.2. The molecule has 0 saturated heterocycles. The minimum Gasteiger partial charge on any atom is -0.350 e. The topological polar surface area (TPSA) is 34.0 Å². The van der Waals surface area contributed by atoms with Crippen molar-refractivity contribution in [3.8, 4) is 0 Å². The third kappa shape index (κ3) is 3.10. The van der Waals surface area contributed by atoms with E-state index in [2.05, 4.69) is 11.4 Å². The highest BCUT2D eigenvalue weighted by Gasteiger charge is 2.13. The minimum absolute atomic E-state index is 0.0600. The predicted octanol–water partition coefficient (Wildman–Crippen LogP) is 4.63. The van der Waals surface area contributed by atoms with Gasteiger partial charge in [0.15, 0.2) is 0 Å². The summed E-state index contributed by atoms with van der Waals surface area (Å²) in [6, 6.07) is 12.0. The van der Waals surface area contributed by atoms with Crippen LogP contribution < -0.4 is 5.32 Å². The van der Waals surface area contributed by atoms with Crippen molar-refractivity contribution in [3.63, 3.8) is 0 Å². The fourth-order valence-corrected chi connectivity index (χ4v) is 3.37. The standard InChI is InChI=1S/C19H19ClN2O/c1-12-8-13(2)19(16(20)9-12)21-18(23)10-14-11-22(3)17-7-5-4-6-15(14)17/h4-9,11H,10H2,1-3H3,(H,21,23). The van der Waals surface area contributed by atoms with Crippen molar-refractivity contribution in [2.45, 2.75) is 20.3 Å². The van der Waals surface area contributed by atoms with E-state index in [4.69, 9.17) is 11.6 Å². The monoisotopic (exact) mass is 326 g/mol. The highest BCUT2D eigenvalue weighted by molar-refractivity contribution is 6.34. The number of aryl methyl sites for hydroxylation is 3. The lowest BCUT2D eigenvalue weighted by Crippen LogP contribution is -2.15. The fourth-order valence-electron chi connectivity index (χ4n) is 3.00. The Kier molecular flexibility index (Phi) is 4.14. The number of amides is 1. The van der Waals surface area contributed by atoms with Crippen molar-refractivity contribution in [1.29, 1.82) is 0 Å². The van der Waals surface area contributed by atoms with E-state index in [1.54, 1.807) is 0 Å². The number of carbonyl (C=O) groups is 1. The Hall–Kier alpha value is -2.26. The number of carbonyl (C=O) groups excluding carboxylic acids is 1. The Bertz CT molecular complexity index is 873. The van der Waals surface area contributed by atoms with Gasteiger partial charge in [0.05, 0.1) is 17.1 Å². The fraction of sp³-hybridized carbons (Fsp3) is 0.211. The molecule has 0 fully saturated rings. The summed E-state index contributed by atoms with van der Waals surface area (Å²) in [4.78, 5) is 12.4. The van der Waals surface area contributed by atoms with E-state index in [0.717, 1.165) is 27.6 Å². The van der Waals surface area contributed by atoms with Gasteiger partial charge in [0.2, 0.25) is 5.91 Å². The Morgan fingerprint density at radius 2 is 1.96 bits per heavy atom. The Morgan fingerprint density at radius 1 is 1.22 bits per heavy atom. The summed E-state index contributed by atoms with van der Waals surface area (Å²) in [6.45, 7) is 3.94. The first kappa shape index (κ1) is 15.6. The van der Waals surface area contributed by atoms with Crippen LogP contribution in [-0.4, -0.2) is 10.5 Å². The first-order valence-electron chi connectivity index (χ1n) is 7.55. The van der Waals surface area contributed by atoms with Gasteiger partial charge in [-0.2, -0.15) is 0 Å². The van der Waals surface area contributed by atoms with Crippen LogP contribution in [0.4, 0.5) is 5.69 Å². The summed E-state index contributed by atoms with van der Waals surface area (Å²) < 4.78 is 2.04. The molecule has 4 heteroatoms. The third-order valence-corrected chi connectivity index (χ3v) is 4.32. The quantitative estimate of drug-likeness (QED) is 0.748. The third-order valence-electron chi connectivity index (χ3n) is 4.03. The summed E-state index contributed by atoms with van der Waals surface area (Å²) in [5, 5.41) is 4.63. The SMILES string of the molecule is Cc1cc(C)c(NC(=O)Cc2cn(C)c3ccccc23)c(Cl)c1. The number of fused-ring (bicyclic) bond motifs is 1. The lowest BCUT2D eigenvalue weighted by Gasteiger charge is -2.11. The molecule has 0 saturated carbocycles. The van der Waals surface area contributed by atoms with Gasteiger partial charge in [0, 0.05) is 24.1 Å². The van der Waals surface area contributed by atoms with Crippen LogP contribution in [0, 0.1) is 13.8 Å². The van der Waals surface area contributed by atoms with Gasteiger partial charge in [-0.05, 0) is 42.7 Å². The molecule has 0 aliphatic rings. The van der Waals surface area contributed by atoms with Gasteiger partial charge in [-0.15, -0.1) is 0 Å². The molecule has 3 nitrogen and oxygen atoms in total. The summed E-state index contributed by atoms with van der Waals surface area (Å²) in [5.41, 5.74) is 4.89. The maximum absolute atomic E-state index is 12.4. The van der Waals surface area contributed by atoms with Gasteiger partial charge >= 0.3 is 0 Å². The molecular weight excluding hydrogens is 308 g/mol. The van der Waals surface area contributed by atoms with Crippen molar-refractivity contribution in [3.05, 3.63) is 64.3 Å². The van der Waals surface area contributed by atoms with E-state index < -0.39 is 0 Å². The molecule has 3 aromatic rings. The van der Waals surface area contributed by atoms with Crippen LogP contribution in [0.15, 0.2) is 42.6 Å². The van der Waals surface area contributed by atoms with Crippen molar-refractivity contribution in [2.24, 2.45) is 7.05 Å². The Balaban J connectivity index is 1.85. The van der Waals surface area contributed by atoms with Crippen LogP contribution in [0.3, 0.4) is 0 Å². The van der Waals surface area contributed by atoms with E-state index in [-0.39, 0.29) is 5.91 Å². The van der Waals surface area contributed by atoms with Crippen LogP contribution in [-0.2, 0) is 18.3 Å². The zero-order chi connectivity index (χ0) is 16.6. The van der Waals surface area contributed by atoms with E-state index in [1.165, 1.54) is 0 Å². The number of hydrogen-bond acceptors (Lipinski definition) is 1. The predicted molar refractivity (Wildman–Crippen MR) is 96.2 cm³/mol. The Morgan fingerprint density at radius 3 is 2.70 bits per heavy atom. The molecule has 1 N–H and O–H groups in total. The van der Waals surface area contributed by atoms with Gasteiger partial charge in [-0.1, -0.05) is 35.9 Å². The van der Waals surface area contributed by atoms with Crippen LogP contribution in [0.5, 0.6) is 0 Å². The number of hydrogen-bond donors (Lipinski definition) is 1. The molecular formula is C19H19ClN2O. The van der Waals surface area contributed by atoms with Crippen LogP contribution in [0.2, 0.25) is 5.02 Å². The number of halogens is 1. The second kappa shape index (κ2) is 6.09. The van der Waals surface area contributed by atoms with Gasteiger partial charge in [0.1, 0.15) is 0 Å². The van der Waals surface area contributed by atoms with Gasteiger partial charge < -0.3 is 9.88 Å². The zero-order valence-electron chi connectivity index (χ0n) is 13.5. The van der Waals surface area contributed by atoms with Crippen LogP contribution in [0.1, 0.15) is 16.7 Å².